The van der Waals surface area contributed by atoms with Crippen molar-refractivity contribution in [3.8, 4) is 0 Å². The Morgan fingerprint density at radius 3 is 2.52 bits per heavy atom. The minimum atomic E-state index is -4.10. The summed E-state index contributed by atoms with van der Waals surface area (Å²) in [5.74, 6) is -1.51. The first-order chi connectivity index (χ1) is 9.74. The predicted molar refractivity (Wildman–Crippen MR) is 75.3 cm³/mol. The zero-order chi connectivity index (χ0) is 15.8. The molecular formula is C13H13F2N3O2S. The van der Waals surface area contributed by atoms with Gasteiger partial charge >= 0.3 is 0 Å². The van der Waals surface area contributed by atoms with Crippen LogP contribution in [-0.2, 0) is 10.0 Å². The molecule has 0 fully saturated rings. The first kappa shape index (κ1) is 15.2. The van der Waals surface area contributed by atoms with Gasteiger partial charge in [-0.2, -0.15) is 0 Å². The van der Waals surface area contributed by atoms with Crippen molar-refractivity contribution in [1.82, 2.24) is 4.98 Å². The SMILES string of the molecule is Cc1cc(F)c(N)c(C)c1S(=O)(=O)Nc1ccncc1F. The summed E-state index contributed by atoms with van der Waals surface area (Å²) in [5.41, 5.74) is 5.28. The lowest BCUT2D eigenvalue weighted by Gasteiger charge is -2.15. The maximum absolute atomic E-state index is 13.5. The maximum atomic E-state index is 13.5. The molecule has 0 atom stereocenters. The number of sulfonamides is 1. The van der Waals surface area contributed by atoms with Crippen LogP contribution in [0.1, 0.15) is 11.1 Å². The van der Waals surface area contributed by atoms with Crippen LogP contribution >= 0.6 is 0 Å². The number of hydrogen-bond acceptors (Lipinski definition) is 4. The summed E-state index contributed by atoms with van der Waals surface area (Å²) in [5, 5.41) is 0. The zero-order valence-corrected chi connectivity index (χ0v) is 12.1. The summed E-state index contributed by atoms with van der Waals surface area (Å²) < 4.78 is 53.9. The van der Waals surface area contributed by atoms with Gasteiger partial charge in [0.1, 0.15) is 5.82 Å². The van der Waals surface area contributed by atoms with Crippen molar-refractivity contribution in [1.29, 1.82) is 0 Å². The highest BCUT2D eigenvalue weighted by atomic mass is 32.2. The molecule has 0 unspecified atom stereocenters. The van der Waals surface area contributed by atoms with Gasteiger partial charge in [0.25, 0.3) is 10.0 Å². The fraction of sp³-hybridized carbons (Fsp3) is 0.154. The lowest BCUT2D eigenvalue weighted by molar-refractivity contribution is 0.595. The van der Waals surface area contributed by atoms with Gasteiger partial charge in [-0.1, -0.05) is 0 Å². The molecule has 0 aliphatic rings. The van der Waals surface area contributed by atoms with Gasteiger partial charge in [0, 0.05) is 6.20 Å². The molecule has 2 rings (SSSR count). The van der Waals surface area contributed by atoms with Gasteiger partial charge in [-0.3, -0.25) is 9.71 Å². The predicted octanol–water partition coefficient (Wildman–Crippen LogP) is 2.36. The van der Waals surface area contributed by atoms with E-state index in [1.165, 1.54) is 26.1 Å². The van der Waals surface area contributed by atoms with Crippen LogP contribution in [0.2, 0.25) is 0 Å². The van der Waals surface area contributed by atoms with Crippen molar-refractivity contribution in [2.24, 2.45) is 0 Å². The highest BCUT2D eigenvalue weighted by Crippen LogP contribution is 2.29. The minimum absolute atomic E-state index is 0.0782. The Balaban J connectivity index is 2.56. The topological polar surface area (TPSA) is 85.1 Å². The molecule has 1 heterocycles. The number of nitrogens with one attached hydrogen (secondary N) is 1. The van der Waals surface area contributed by atoms with E-state index in [2.05, 4.69) is 9.71 Å². The van der Waals surface area contributed by atoms with Crippen LogP contribution in [0.25, 0.3) is 0 Å². The molecule has 0 aliphatic carbocycles. The molecular weight excluding hydrogens is 300 g/mol. The van der Waals surface area contributed by atoms with E-state index in [9.17, 15) is 17.2 Å². The fourth-order valence-electron chi connectivity index (χ4n) is 2.00. The van der Waals surface area contributed by atoms with Crippen LogP contribution in [0.5, 0.6) is 0 Å². The number of nitrogen functional groups attached to an aromatic ring is 1. The van der Waals surface area contributed by atoms with Crippen LogP contribution in [0.15, 0.2) is 29.4 Å². The van der Waals surface area contributed by atoms with Gasteiger partial charge in [0.15, 0.2) is 5.82 Å². The largest absolute Gasteiger partial charge is 0.396 e. The first-order valence-corrected chi connectivity index (χ1v) is 7.40. The Bertz CT molecular complexity index is 807. The average molecular weight is 313 g/mol. The minimum Gasteiger partial charge on any atom is -0.396 e. The summed E-state index contributed by atoms with van der Waals surface area (Å²) in [6, 6.07) is 2.21. The molecule has 0 amide bonds. The number of hydrogen-bond donors (Lipinski definition) is 2. The standard InChI is InChI=1S/C13H13F2N3O2S/c1-7-5-9(14)12(16)8(2)13(7)21(19,20)18-11-3-4-17-6-10(11)15/h3-6H,16H2,1-2H3,(H,17,18). The molecule has 112 valence electrons. The number of aryl methyl sites for hydroxylation is 1. The van der Waals surface area contributed by atoms with Crippen LogP contribution in [0.3, 0.4) is 0 Å². The number of pyridine rings is 1. The average Bonchev–Trinajstić information content (AvgIpc) is 2.38. The highest BCUT2D eigenvalue weighted by molar-refractivity contribution is 7.92. The van der Waals surface area contributed by atoms with E-state index in [-0.39, 0.29) is 27.4 Å². The summed E-state index contributed by atoms with van der Waals surface area (Å²) in [7, 11) is -4.10. The Labute approximate surface area is 120 Å². The highest BCUT2D eigenvalue weighted by Gasteiger charge is 2.24. The number of nitrogens with zero attached hydrogens (tertiary/aromatic N) is 1. The van der Waals surface area contributed by atoms with E-state index >= 15 is 0 Å². The monoisotopic (exact) mass is 313 g/mol. The van der Waals surface area contributed by atoms with E-state index in [0.717, 1.165) is 12.3 Å². The fourth-order valence-corrected chi connectivity index (χ4v) is 3.55. The third-order valence-electron chi connectivity index (χ3n) is 2.99. The zero-order valence-electron chi connectivity index (χ0n) is 11.3. The van der Waals surface area contributed by atoms with Crippen LogP contribution < -0.4 is 10.5 Å². The van der Waals surface area contributed by atoms with Crippen molar-refractivity contribution >= 4 is 21.4 Å². The number of rotatable bonds is 3. The Kier molecular flexibility index (Phi) is 3.82. The molecule has 5 nitrogen and oxygen atoms in total. The third kappa shape index (κ3) is 2.80. The van der Waals surface area contributed by atoms with Crippen LogP contribution in [0.4, 0.5) is 20.2 Å². The van der Waals surface area contributed by atoms with Crippen LogP contribution in [-0.4, -0.2) is 13.4 Å². The second-order valence-electron chi connectivity index (χ2n) is 4.50. The Hall–Kier alpha value is -2.22. The number of anilines is 2. The number of nitrogens with two attached hydrogens (primary N) is 1. The van der Waals surface area contributed by atoms with Gasteiger partial charge in [-0.15, -0.1) is 0 Å². The molecule has 0 radical (unpaired) electrons. The molecule has 1 aromatic carbocycles. The van der Waals surface area contributed by atoms with E-state index in [1.807, 2.05) is 0 Å². The molecule has 0 aliphatic heterocycles. The van der Waals surface area contributed by atoms with Crippen molar-refractivity contribution in [3.63, 3.8) is 0 Å². The molecule has 21 heavy (non-hydrogen) atoms. The molecule has 0 saturated heterocycles. The van der Waals surface area contributed by atoms with E-state index < -0.39 is 21.7 Å². The van der Waals surface area contributed by atoms with Gasteiger partial charge in [0.05, 0.1) is 22.5 Å². The van der Waals surface area contributed by atoms with E-state index in [0.29, 0.717) is 0 Å². The summed E-state index contributed by atoms with van der Waals surface area (Å²) in [6.07, 6.45) is 2.14. The summed E-state index contributed by atoms with van der Waals surface area (Å²) in [4.78, 5) is 3.36. The summed E-state index contributed by atoms with van der Waals surface area (Å²) >= 11 is 0. The molecule has 3 N–H and O–H groups in total. The van der Waals surface area contributed by atoms with Crippen molar-refractivity contribution in [3.05, 3.63) is 47.3 Å². The third-order valence-corrected chi connectivity index (χ3v) is 4.64. The van der Waals surface area contributed by atoms with Crippen molar-refractivity contribution in [2.75, 3.05) is 10.5 Å². The van der Waals surface area contributed by atoms with Gasteiger partial charge in [-0.05, 0) is 37.1 Å². The van der Waals surface area contributed by atoms with E-state index in [4.69, 9.17) is 5.73 Å². The Morgan fingerprint density at radius 1 is 1.24 bits per heavy atom. The normalized spacial score (nSPS) is 11.4. The van der Waals surface area contributed by atoms with Gasteiger partial charge in [-0.25, -0.2) is 17.2 Å². The molecule has 0 bridgehead atoms. The smallest absolute Gasteiger partial charge is 0.262 e. The molecule has 8 heteroatoms. The van der Waals surface area contributed by atoms with Crippen LogP contribution in [0, 0.1) is 25.5 Å². The molecule has 2 aromatic rings. The lowest BCUT2D eigenvalue weighted by Crippen LogP contribution is -2.18. The van der Waals surface area contributed by atoms with Crippen molar-refractivity contribution < 1.29 is 17.2 Å². The molecule has 1 aromatic heterocycles. The van der Waals surface area contributed by atoms with E-state index in [1.54, 1.807) is 0 Å². The van der Waals surface area contributed by atoms with Gasteiger partial charge in [0.2, 0.25) is 0 Å². The second-order valence-corrected chi connectivity index (χ2v) is 6.12. The molecule has 0 spiro atoms. The second kappa shape index (κ2) is 5.28. The quantitative estimate of drug-likeness (QED) is 0.852. The Morgan fingerprint density at radius 2 is 1.90 bits per heavy atom. The van der Waals surface area contributed by atoms with Crippen molar-refractivity contribution in [2.45, 2.75) is 18.7 Å². The number of halogens is 2. The number of benzene rings is 1. The summed E-state index contributed by atoms with van der Waals surface area (Å²) in [6.45, 7) is 2.83. The molecule has 0 saturated carbocycles. The maximum Gasteiger partial charge on any atom is 0.262 e. The number of aromatic nitrogens is 1. The lowest BCUT2D eigenvalue weighted by atomic mass is 10.1. The first-order valence-electron chi connectivity index (χ1n) is 5.91. The van der Waals surface area contributed by atoms with Gasteiger partial charge < -0.3 is 5.73 Å².